The molecule has 0 spiro atoms. The molecule has 1 aromatic rings. The van der Waals surface area contributed by atoms with Crippen molar-refractivity contribution < 1.29 is 4.74 Å². The third-order valence-electron chi connectivity index (χ3n) is 2.14. The Balaban J connectivity index is 2.41. The molecule has 0 amide bonds. The first-order chi connectivity index (χ1) is 6.74. The maximum atomic E-state index is 5.69. The van der Waals surface area contributed by atoms with E-state index in [4.69, 9.17) is 4.74 Å². The monoisotopic (exact) mass is 193 g/mol. The molecule has 0 bridgehead atoms. The molecule has 0 fully saturated rings. The van der Waals surface area contributed by atoms with Crippen LogP contribution in [0.15, 0.2) is 24.3 Å². The highest BCUT2D eigenvalue weighted by molar-refractivity contribution is 5.31. The van der Waals surface area contributed by atoms with Gasteiger partial charge in [-0.05, 0) is 32.0 Å². The molecule has 0 aromatic heterocycles. The number of para-hydroxylation sites is 1. The summed E-state index contributed by atoms with van der Waals surface area (Å²) < 4.78 is 5.69. The van der Waals surface area contributed by atoms with Crippen molar-refractivity contribution in [2.45, 2.75) is 26.8 Å². The van der Waals surface area contributed by atoms with Gasteiger partial charge >= 0.3 is 0 Å². The second kappa shape index (κ2) is 5.66. The van der Waals surface area contributed by atoms with Crippen LogP contribution < -0.4 is 10.1 Å². The number of hydrogen-bond acceptors (Lipinski definition) is 2. The van der Waals surface area contributed by atoms with Gasteiger partial charge in [0.15, 0.2) is 0 Å². The lowest BCUT2D eigenvalue weighted by atomic mass is 10.2. The molecule has 0 saturated heterocycles. The van der Waals surface area contributed by atoms with E-state index in [1.54, 1.807) is 0 Å². The number of aryl methyl sites for hydroxylation is 1. The standard InChI is InChI=1S/C12H19NO/c1-4-13-11(3)9-14-12-8-6-5-7-10(12)2/h5-8,11,13H,4,9H2,1-3H3. The van der Waals surface area contributed by atoms with Crippen molar-refractivity contribution in [2.24, 2.45) is 0 Å². The van der Waals surface area contributed by atoms with Crippen LogP contribution in [0.2, 0.25) is 0 Å². The Bertz CT molecular complexity index is 273. The van der Waals surface area contributed by atoms with Crippen molar-refractivity contribution in [1.82, 2.24) is 5.32 Å². The van der Waals surface area contributed by atoms with Gasteiger partial charge in [-0.25, -0.2) is 0 Å². The Labute approximate surface area is 86.3 Å². The number of likely N-dealkylation sites (N-methyl/N-ethyl adjacent to an activating group) is 1. The van der Waals surface area contributed by atoms with Gasteiger partial charge in [0.1, 0.15) is 12.4 Å². The molecule has 1 aromatic carbocycles. The molecule has 1 unspecified atom stereocenters. The molecule has 78 valence electrons. The molecule has 2 nitrogen and oxygen atoms in total. The Morgan fingerprint density at radius 1 is 1.36 bits per heavy atom. The number of rotatable bonds is 5. The lowest BCUT2D eigenvalue weighted by molar-refractivity contribution is 0.274. The molecule has 0 heterocycles. The number of ether oxygens (including phenoxy) is 1. The summed E-state index contributed by atoms with van der Waals surface area (Å²) in [5.41, 5.74) is 1.19. The highest BCUT2D eigenvalue weighted by Crippen LogP contribution is 2.15. The average molecular weight is 193 g/mol. The van der Waals surface area contributed by atoms with Crippen molar-refractivity contribution in [3.63, 3.8) is 0 Å². The van der Waals surface area contributed by atoms with Crippen LogP contribution in [0.3, 0.4) is 0 Å². The normalized spacial score (nSPS) is 12.5. The Kier molecular flexibility index (Phi) is 4.47. The number of hydrogen-bond donors (Lipinski definition) is 1. The largest absolute Gasteiger partial charge is 0.492 e. The minimum absolute atomic E-state index is 0.402. The van der Waals surface area contributed by atoms with Gasteiger partial charge in [0, 0.05) is 6.04 Å². The highest BCUT2D eigenvalue weighted by atomic mass is 16.5. The molecular formula is C12H19NO. The molecule has 0 saturated carbocycles. The van der Waals surface area contributed by atoms with Crippen LogP contribution in [0.1, 0.15) is 19.4 Å². The quantitative estimate of drug-likeness (QED) is 0.775. The van der Waals surface area contributed by atoms with Crippen LogP contribution in [0.5, 0.6) is 5.75 Å². The SMILES string of the molecule is CCNC(C)COc1ccccc1C. The molecule has 14 heavy (non-hydrogen) atoms. The van der Waals surface area contributed by atoms with E-state index in [1.807, 2.05) is 18.2 Å². The molecule has 1 N–H and O–H groups in total. The smallest absolute Gasteiger partial charge is 0.122 e. The van der Waals surface area contributed by atoms with Crippen LogP contribution >= 0.6 is 0 Å². The van der Waals surface area contributed by atoms with E-state index in [1.165, 1.54) is 5.56 Å². The van der Waals surface area contributed by atoms with E-state index in [0.29, 0.717) is 6.04 Å². The van der Waals surface area contributed by atoms with Crippen molar-refractivity contribution in [2.75, 3.05) is 13.2 Å². The van der Waals surface area contributed by atoms with Gasteiger partial charge < -0.3 is 10.1 Å². The topological polar surface area (TPSA) is 21.3 Å². The molecular weight excluding hydrogens is 174 g/mol. The fourth-order valence-corrected chi connectivity index (χ4v) is 1.34. The van der Waals surface area contributed by atoms with Gasteiger partial charge in [-0.3, -0.25) is 0 Å². The van der Waals surface area contributed by atoms with E-state index in [9.17, 15) is 0 Å². The van der Waals surface area contributed by atoms with Crippen LogP contribution in [0, 0.1) is 6.92 Å². The van der Waals surface area contributed by atoms with E-state index in [2.05, 4.69) is 32.2 Å². The third-order valence-corrected chi connectivity index (χ3v) is 2.14. The molecule has 2 heteroatoms. The van der Waals surface area contributed by atoms with E-state index >= 15 is 0 Å². The zero-order chi connectivity index (χ0) is 10.4. The fourth-order valence-electron chi connectivity index (χ4n) is 1.34. The zero-order valence-electron chi connectivity index (χ0n) is 9.21. The van der Waals surface area contributed by atoms with Gasteiger partial charge in [0.25, 0.3) is 0 Å². The number of benzene rings is 1. The maximum Gasteiger partial charge on any atom is 0.122 e. The van der Waals surface area contributed by atoms with Crippen molar-refractivity contribution in [1.29, 1.82) is 0 Å². The first kappa shape index (κ1) is 11.1. The summed E-state index contributed by atoms with van der Waals surface area (Å²) in [7, 11) is 0. The van der Waals surface area contributed by atoms with E-state index < -0.39 is 0 Å². The molecule has 1 rings (SSSR count). The summed E-state index contributed by atoms with van der Waals surface area (Å²) in [6, 6.07) is 8.50. The fraction of sp³-hybridized carbons (Fsp3) is 0.500. The van der Waals surface area contributed by atoms with Crippen molar-refractivity contribution in [3.8, 4) is 5.75 Å². The maximum absolute atomic E-state index is 5.69. The predicted molar refractivity (Wildman–Crippen MR) is 59.8 cm³/mol. The summed E-state index contributed by atoms with van der Waals surface area (Å²) in [4.78, 5) is 0. The Morgan fingerprint density at radius 3 is 2.71 bits per heavy atom. The number of nitrogens with one attached hydrogen (secondary N) is 1. The van der Waals surface area contributed by atoms with Gasteiger partial charge in [-0.15, -0.1) is 0 Å². The predicted octanol–water partition coefficient (Wildman–Crippen LogP) is 2.37. The van der Waals surface area contributed by atoms with Crippen LogP contribution in [0.25, 0.3) is 0 Å². The Hall–Kier alpha value is -1.02. The van der Waals surface area contributed by atoms with Crippen molar-refractivity contribution in [3.05, 3.63) is 29.8 Å². The van der Waals surface area contributed by atoms with Gasteiger partial charge in [0.2, 0.25) is 0 Å². The average Bonchev–Trinajstić information content (AvgIpc) is 2.17. The molecule has 0 radical (unpaired) electrons. The summed E-state index contributed by atoms with van der Waals surface area (Å²) >= 11 is 0. The zero-order valence-corrected chi connectivity index (χ0v) is 9.21. The molecule has 0 aliphatic heterocycles. The van der Waals surface area contributed by atoms with Crippen LogP contribution in [-0.4, -0.2) is 19.2 Å². The second-order valence-electron chi connectivity index (χ2n) is 3.54. The summed E-state index contributed by atoms with van der Waals surface area (Å²) in [6.07, 6.45) is 0. The van der Waals surface area contributed by atoms with Crippen molar-refractivity contribution >= 4 is 0 Å². The van der Waals surface area contributed by atoms with Gasteiger partial charge in [-0.1, -0.05) is 25.1 Å². The van der Waals surface area contributed by atoms with Gasteiger partial charge in [0.05, 0.1) is 0 Å². The summed E-state index contributed by atoms with van der Waals surface area (Å²) in [5.74, 6) is 0.984. The van der Waals surface area contributed by atoms with Gasteiger partial charge in [-0.2, -0.15) is 0 Å². The summed E-state index contributed by atoms with van der Waals surface area (Å²) in [6.45, 7) is 8.00. The molecule has 0 aliphatic rings. The minimum Gasteiger partial charge on any atom is -0.492 e. The third kappa shape index (κ3) is 3.38. The minimum atomic E-state index is 0.402. The molecule has 0 aliphatic carbocycles. The lowest BCUT2D eigenvalue weighted by Crippen LogP contribution is -2.31. The Morgan fingerprint density at radius 2 is 2.07 bits per heavy atom. The second-order valence-corrected chi connectivity index (χ2v) is 3.54. The van der Waals surface area contributed by atoms with Crippen LogP contribution in [0.4, 0.5) is 0 Å². The first-order valence-corrected chi connectivity index (χ1v) is 5.16. The molecule has 1 atom stereocenters. The van der Waals surface area contributed by atoms with E-state index in [-0.39, 0.29) is 0 Å². The highest BCUT2D eigenvalue weighted by Gasteiger charge is 2.02. The first-order valence-electron chi connectivity index (χ1n) is 5.16. The van der Waals surface area contributed by atoms with E-state index in [0.717, 1.165) is 18.9 Å². The lowest BCUT2D eigenvalue weighted by Gasteiger charge is -2.14. The summed E-state index contributed by atoms with van der Waals surface area (Å²) in [5, 5.41) is 3.31. The van der Waals surface area contributed by atoms with Crippen LogP contribution in [-0.2, 0) is 0 Å².